The van der Waals surface area contributed by atoms with Gasteiger partial charge in [0.25, 0.3) is 0 Å². The van der Waals surface area contributed by atoms with Crippen molar-refractivity contribution < 1.29 is 9.59 Å². The Hall–Kier alpha value is -1.08. The maximum atomic E-state index is 12.6. The third-order valence-electron chi connectivity index (χ3n) is 4.73. The Labute approximate surface area is 171 Å². The molecular weight excluding hydrogens is 399 g/mol. The Morgan fingerprint density at radius 3 is 2.62 bits per heavy atom. The van der Waals surface area contributed by atoms with Crippen LogP contribution in [0.15, 0.2) is 18.3 Å². The van der Waals surface area contributed by atoms with E-state index in [0.29, 0.717) is 17.4 Å². The van der Waals surface area contributed by atoms with Crippen molar-refractivity contribution in [3.63, 3.8) is 0 Å². The summed E-state index contributed by atoms with van der Waals surface area (Å²) in [5, 5.41) is 6.63. The van der Waals surface area contributed by atoms with Gasteiger partial charge in [0.1, 0.15) is 5.82 Å². The minimum absolute atomic E-state index is 0. The number of carbonyl (C=O) groups excluding carboxylic acids is 2. The standard InChI is InChI=1S/C17H23ClN4O2.2ClH/c18-14-5-6-15(20-10-14)21-16(23)13-4-2-8-22(11-13)17(24)12-3-1-7-19-9-12;;/h5-6,10,12-13,19H,1-4,7-9,11H2,(H,20,21,23);2*1H. The minimum Gasteiger partial charge on any atom is -0.342 e. The van der Waals surface area contributed by atoms with Gasteiger partial charge >= 0.3 is 0 Å². The third-order valence-corrected chi connectivity index (χ3v) is 4.95. The van der Waals surface area contributed by atoms with E-state index in [4.69, 9.17) is 11.6 Å². The van der Waals surface area contributed by atoms with Crippen molar-refractivity contribution in [2.45, 2.75) is 25.7 Å². The van der Waals surface area contributed by atoms with Gasteiger partial charge in [0.05, 0.1) is 16.9 Å². The second-order valence-electron chi connectivity index (χ2n) is 6.52. The van der Waals surface area contributed by atoms with Crippen molar-refractivity contribution in [2.75, 3.05) is 31.5 Å². The lowest BCUT2D eigenvalue weighted by molar-refractivity contribution is -0.139. The number of hydrogen-bond donors (Lipinski definition) is 2. The fourth-order valence-corrected chi connectivity index (χ4v) is 3.50. The molecule has 0 radical (unpaired) electrons. The van der Waals surface area contributed by atoms with E-state index in [1.165, 1.54) is 6.20 Å². The van der Waals surface area contributed by atoms with Gasteiger partial charge in [-0.3, -0.25) is 9.59 Å². The van der Waals surface area contributed by atoms with Crippen LogP contribution in [0.2, 0.25) is 5.02 Å². The molecule has 0 saturated carbocycles. The van der Waals surface area contributed by atoms with Crippen LogP contribution in [0.25, 0.3) is 0 Å². The summed E-state index contributed by atoms with van der Waals surface area (Å²) in [4.78, 5) is 31.1. The summed E-state index contributed by atoms with van der Waals surface area (Å²) >= 11 is 5.80. The number of nitrogens with one attached hydrogen (secondary N) is 2. The first kappa shape index (κ1) is 23.0. The zero-order valence-corrected chi connectivity index (χ0v) is 16.8. The summed E-state index contributed by atoms with van der Waals surface area (Å²) < 4.78 is 0. The molecule has 2 aliphatic heterocycles. The maximum Gasteiger partial charge on any atom is 0.230 e. The van der Waals surface area contributed by atoms with Gasteiger partial charge in [0.15, 0.2) is 0 Å². The summed E-state index contributed by atoms with van der Waals surface area (Å²) in [7, 11) is 0. The molecule has 26 heavy (non-hydrogen) atoms. The van der Waals surface area contributed by atoms with Crippen LogP contribution in [0, 0.1) is 11.8 Å². The molecule has 1 aromatic heterocycles. The summed E-state index contributed by atoms with van der Waals surface area (Å²) in [6.45, 7) is 2.98. The Balaban J connectivity index is 0.00000169. The van der Waals surface area contributed by atoms with Gasteiger partial charge in [-0.15, -0.1) is 24.8 Å². The second kappa shape index (κ2) is 10.9. The smallest absolute Gasteiger partial charge is 0.230 e. The van der Waals surface area contributed by atoms with Gasteiger partial charge in [-0.2, -0.15) is 0 Å². The number of piperidine rings is 2. The Morgan fingerprint density at radius 1 is 1.19 bits per heavy atom. The van der Waals surface area contributed by atoms with Crippen molar-refractivity contribution in [2.24, 2.45) is 11.8 Å². The SMILES string of the molecule is Cl.Cl.O=C(Nc1ccc(Cl)cn1)C1CCCN(C(=O)C2CCCNC2)C1. The monoisotopic (exact) mass is 422 g/mol. The number of nitrogens with zero attached hydrogens (tertiary/aromatic N) is 2. The van der Waals surface area contributed by atoms with Crippen LogP contribution in [0.5, 0.6) is 0 Å². The van der Waals surface area contributed by atoms with Crippen molar-refractivity contribution in [3.05, 3.63) is 23.4 Å². The largest absolute Gasteiger partial charge is 0.342 e. The molecule has 6 nitrogen and oxygen atoms in total. The molecule has 1 aromatic rings. The lowest BCUT2D eigenvalue weighted by Gasteiger charge is -2.35. The maximum absolute atomic E-state index is 12.6. The van der Waals surface area contributed by atoms with Gasteiger partial charge < -0.3 is 15.5 Å². The van der Waals surface area contributed by atoms with Gasteiger partial charge in [0, 0.05) is 25.8 Å². The van der Waals surface area contributed by atoms with E-state index in [1.807, 2.05) is 4.90 Å². The Morgan fingerprint density at radius 2 is 1.96 bits per heavy atom. The number of aromatic nitrogens is 1. The molecule has 2 atom stereocenters. The van der Waals surface area contributed by atoms with Crippen molar-refractivity contribution in [1.29, 1.82) is 0 Å². The highest BCUT2D eigenvalue weighted by Gasteiger charge is 2.32. The summed E-state index contributed by atoms with van der Waals surface area (Å²) in [5.74, 6) is 0.466. The first-order valence-electron chi connectivity index (χ1n) is 8.55. The summed E-state index contributed by atoms with van der Waals surface area (Å²) in [5.41, 5.74) is 0. The lowest BCUT2D eigenvalue weighted by atomic mass is 9.93. The van der Waals surface area contributed by atoms with Crippen LogP contribution in [0.4, 0.5) is 5.82 Å². The number of amides is 2. The van der Waals surface area contributed by atoms with Crippen LogP contribution < -0.4 is 10.6 Å². The highest BCUT2D eigenvalue weighted by Crippen LogP contribution is 2.22. The van der Waals surface area contributed by atoms with E-state index < -0.39 is 0 Å². The van der Waals surface area contributed by atoms with E-state index in [9.17, 15) is 9.59 Å². The molecule has 2 amide bonds. The molecule has 2 fully saturated rings. The summed E-state index contributed by atoms with van der Waals surface area (Å²) in [6.07, 6.45) is 5.14. The van der Waals surface area contributed by atoms with Gasteiger partial charge in [-0.25, -0.2) is 4.98 Å². The number of hydrogen-bond acceptors (Lipinski definition) is 4. The molecule has 3 rings (SSSR count). The quantitative estimate of drug-likeness (QED) is 0.784. The molecule has 0 bridgehead atoms. The van der Waals surface area contributed by atoms with Crippen molar-refractivity contribution in [3.8, 4) is 0 Å². The van der Waals surface area contributed by atoms with E-state index in [-0.39, 0.29) is 48.5 Å². The molecule has 3 heterocycles. The van der Waals surface area contributed by atoms with E-state index in [0.717, 1.165) is 45.3 Å². The molecular formula is C17H25Cl3N4O2. The molecule has 2 N–H and O–H groups in total. The third kappa shape index (κ3) is 5.98. The van der Waals surface area contributed by atoms with E-state index in [1.54, 1.807) is 12.1 Å². The molecule has 0 spiro atoms. The summed E-state index contributed by atoms with van der Waals surface area (Å²) in [6, 6.07) is 3.37. The lowest BCUT2D eigenvalue weighted by Crippen LogP contribution is -2.48. The predicted molar refractivity (Wildman–Crippen MR) is 107 cm³/mol. The number of halogens is 3. The zero-order chi connectivity index (χ0) is 16.9. The van der Waals surface area contributed by atoms with Gasteiger partial charge in [-0.05, 0) is 44.4 Å². The average molecular weight is 424 g/mol. The van der Waals surface area contributed by atoms with E-state index >= 15 is 0 Å². The highest BCUT2D eigenvalue weighted by atomic mass is 35.5. The van der Waals surface area contributed by atoms with Crippen molar-refractivity contribution >= 4 is 54.0 Å². The molecule has 2 unspecified atom stereocenters. The zero-order valence-electron chi connectivity index (χ0n) is 14.4. The fraction of sp³-hybridized carbons (Fsp3) is 0.588. The molecule has 0 aliphatic carbocycles. The van der Waals surface area contributed by atoms with Crippen molar-refractivity contribution in [1.82, 2.24) is 15.2 Å². The topological polar surface area (TPSA) is 74.3 Å². The number of likely N-dealkylation sites (tertiary alicyclic amines) is 1. The average Bonchev–Trinajstić information content (AvgIpc) is 2.64. The van der Waals surface area contributed by atoms with Gasteiger partial charge in [0.2, 0.25) is 11.8 Å². The van der Waals surface area contributed by atoms with Crippen LogP contribution in [-0.2, 0) is 9.59 Å². The van der Waals surface area contributed by atoms with Crippen LogP contribution in [0.1, 0.15) is 25.7 Å². The molecule has 2 saturated heterocycles. The van der Waals surface area contributed by atoms with Crippen LogP contribution >= 0.6 is 36.4 Å². The second-order valence-corrected chi connectivity index (χ2v) is 6.95. The first-order chi connectivity index (χ1) is 11.6. The molecule has 0 aromatic carbocycles. The Kier molecular flexibility index (Phi) is 9.64. The minimum atomic E-state index is -0.184. The number of rotatable bonds is 3. The highest BCUT2D eigenvalue weighted by molar-refractivity contribution is 6.30. The normalized spacial score (nSPS) is 22.6. The number of anilines is 1. The van der Waals surface area contributed by atoms with Crippen LogP contribution in [-0.4, -0.2) is 47.9 Å². The Bertz CT molecular complexity index is 594. The molecule has 146 valence electrons. The number of pyridine rings is 1. The first-order valence-corrected chi connectivity index (χ1v) is 8.93. The number of carbonyl (C=O) groups is 2. The molecule has 2 aliphatic rings. The molecule has 9 heteroatoms. The predicted octanol–water partition coefficient (Wildman–Crippen LogP) is 2.76. The fourth-order valence-electron chi connectivity index (χ4n) is 3.39. The van der Waals surface area contributed by atoms with Crippen LogP contribution in [0.3, 0.4) is 0 Å². The van der Waals surface area contributed by atoms with E-state index in [2.05, 4.69) is 15.6 Å². The van der Waals surface area contributed by atoms with Gasteiger partial charge in [-0.1, -0.05) is 11.6 Å².